The standard InChI is InChI=1S/C21H24Cl2N2O2S/c1-21(2,3)27-20(26)25-12-10-24(11-13-25)18-6-4-5-7-19(18)28-15-8-9-16(22)17(23)14-15/h4-9,14H,10-13H2,1-3H3. The number of halogens is 2. The molecule has 1 aliphatic heterocycles. The Morgan fingerprint density at radius 1 is 1.00 bits per heavy atom. The molecule has 7 heteroatoms. The maximum atomic E-state index is 12.3. The number of rotatable bonds is 3. The molecule has 150 valence electrons. The maximum absolute atomic E-state index is 12.3. The van der Waals surface area contributed by atoms with Crippen LogP contribution in [0, 0.1) is 0 Å². The molecule has 0 N–H and O–H groups in total. The van der Waals surface area contributed by atoms with Gasteiger partial charge in [-0.3, -0.25) is 0 Å². The van der Waals surface area contributed by atoms with E-state index in [1.165, 1.54) is 0 Å². The van der Waals surface area contributed by atoms with E-state index < -0.39 is 5.60 Å². The number of hydrogen-bond donors (Lipinski definition) is 0. The molecule has 0 radical (unpaired) electrons. The lowest BCUT2D eigenvalue weighted by atomic mass is 10.2. The van der Waals surface area contributed by atoms with Gasteiger partial charge in [-0.25, -0.2) is 4.79 Å². The van der Waals surface area contributed by atoms with E-state index in [0.717, 1.165) is 28.6 Å². The molecule has 0 aliphatic carbocycles. The van der Waals surface area contributed by atoms with Crippen molar-refractivity contribution < 1.29 is 9.53 Å². The molecule has 0 saturated carbocycles. The van der Waals surface area contributed by atoms with Gasteiger partial charge in [-0.15, -0.1) is 0 Å². The second kappa shape index (κ2) is 8.85. The van der Waals surface area contributed by atoms with Gasteiger partial charge in [0, 0.05) is 36.0 Å². The Hall–Kier alpha value is -1.56. The summed E-state index contributed by atoms with van der Waals surface area (Å²) in [6, 6.07) is 13.9. The average molecular weight is 439 g/mol. The monoisotopic (exact) mass is 438 g/mol. The van der Waals surface area contributed by atoms with Crippen molar-refractivity contribution in [2.75, 3.05) is 31.1 Å². The topological polar surface area (TPSA) is 32.8 Å². The molecule has 3 rings (SSSR count). The predicted molar refractivity (Wildman–Crippen MR) is 117 cm³/mol. The molecule has 1 amide bonds. The molecule has 2 aromatic rings. The summed E-state index contributed by atoms with van der Waals surface area (Å²) in [5.41, 5.74) is 0.680. The van der Waals surface area contributed by atoms with Gasteiger partial charge in [0.15, 0.2) is 0 Å². The highest BCUT2D eigenvalue weighted by Crippen LogP contribution is 2.37. The lowest BCUT2D eigenvalue weighted by Gasteiger charge is -2.37. The largest absolute Gasteiger partial charge is 0.444 e. The Morgan fingerprint density at radius 2 is 1.68 bits per heavy atom. The van der Waals surface area contributed by atoms with Crippen LogP contribution in [0.3, 0.4) is 0 Å². The number of para-hydroxylation sites is 1. The van der Waals surface area contributed by atoms with Crippen molar-refractivity contribution >= 4 is 46.7 Å². The quantitative estimate of drug-likeness (QED) is 0.570. The molecule has 1 aliphatic rings. The summed E-state index contributed by atoms with van der Waals surface area (Å²) < 4.78 is 5.48. The number of nitrogens with zero attached hydrogens (tertiary/aromatic N) is 2. The van der Waals surface area contributed by atoms with Crippen molar-refractivity contribution in [3.8, 4) is 0 Å². The van der Waals surface area contributed by atoms with Gasteiger partial charge in [0.2, 0.25) is 0 Å². The van der Waals surface area contributed by atoms with E-state index in [4.69, 9.17) is 27.9 Å². The van der Waals surface area contributed by atoms with Crippen molar-refractivity contribution in [3.63, 3.8) is 0 Å². The first-order chi connectivity index (χ1) is 13.2. The molecule has 0 bridgehead atoms. The van der Waals surface area contributed by atoms with E-state index in [1.54, 1.807) is 16.7 Å². The molecule has 0 aromatic heterocycles. The van der Waals surface area contributed by atoms with Crippen LogP contribution in [0.1, 0.15) is 20.8 Å². The summed E-state index contributed by atoms with van der Waals surface area (Å²) in [5.74, 6) is 0. The molecule has 2 aromatic carbocycles. The van der Waals surface area contributed by atoms with Crippen LogP contribution >= 0.6 is 35.0 Å². The number of hydrogen-bond acceptors (Lipinski definition) is 4. The first-order valence-corrected chi connectivity index (χ1v) is 10.7. The van der Waals surface area contributed by atoms with E-state index in [0.29, 0.717) is 23.1 Å². The maximum Gasteiger partial charge on any atom is 0.410 e. The van der Waals surface area contributed by atoms with Gasteiger partial charge in [0.1, 0.15) is 5.60 Å². The number of piperazine rings is 1. The zero-order valence-electron chi connectivity index (χ0n) is 16.2. The van der Waals surface area contributed by atoms with Crippen LogP contribution in [-0.4, -0.2) is 42.8 Å². The van der Waals surface area contributed by atoms with E-state index in [1.807, 2.05) is 51.1 Å². The van der Waals surface area contributed by atoms with Crippen LogP contribution in [0.25, 0.3) is 0 Å². The summed E-state index contributed by atoms with van der Waals surface area (Å²) in [6.07, 6.45) is -0.245. The Kier molecular flexibility index (Phi) is 6.69. The van der Waals surface area contributed by atoms with E-state index in [2.05, 4.69) is 17.0 Å². The van der Waals surface area contributed by atoms with E-state index >= 15 is 0 Å². The van der Waals surface area contributed by atoms with Gasteiger partial charge in [-0.1, -0.05) is 47.1 Å². The van der Waals surface area contributed by atoms with Crippen molar-refractivity contribution in [1.82, 2.24) is 4.90 Å². The van der Waals surface area contributed by atoms with Crippen LogP contribution < -0.4 is 4.90 Å². The number of amides is 1. The minimum atomic E-state index is -0.475. The van der Waals surface area contributed by atoms with Crippen LogP contribution in [0.2, 0.25) is 10.0 Å². The number of carbonyl (C=O) groups is 1. The smallest absolute Gasteiger partial charge is 0.410 e. The Bertz CT molecular complexity index is 847. The molecular formula is C21H24Cl2N2O2S. The zero-order chi connectivity index (χ0) is 20.3. The normalized spacial score (nSPS) is 14.9. The van der Waals surface area contributed by atoms with Crippen molar-refractivity contribution in [2.45, 2.75) is 36.2 Å². The summed E-state index contributed by atoms with van der Waals surface area (Å²) in [6.45, 7) is 8.46. The van der Waals surface area contributed by atoms with Crippen molar-refractivity contribution in [1.29, 1.82) is 0 Å². The lowest BCUT2D eigenvalue weighted by molar-refractivity contribution is 0.0240. The molecule has 4 nitrogen and oxygen atoms in total. The van der Waals surface area contributed by atoms with Gasteiger partial charge in [0.25, 0.3) is 0 Å². The summed E-state index contributed by atoms with van der Waals surface area (Å²) in [5, 5.41) is 1.10. The van der Waals surface area contributed by atoms with Crippen molar-refractivity contribution in [2.24, 2.45) is 0 Å². The molecule has 0 atom stereocenters. The first-order valence-electron chi connectivity index (χ1n) is 9.18. The third-order valence-corrected chi connectivity index (χ3v) is 6.05. The molecule has 0 unspecified atom stereocenters. The highest BCUT2D eigenvalue weighted by atomic mass is 35.5. The minimum Gasteiger partial charge on any atom is -0.444 e. The zero-order valence-corrected chi connectivity index (χ0v) is 18.6. The second-order valence-electron chi connectivity index (χ2n) is 7.60. The van der Waals surface area contributed by atoms with Gasteiger partial charge in [0.05, 0.1) is 15.7 Å². The van der Waals surface area contributed by atoms with Gasteiger partial charge < -0.3 is 14.5 Å². The van der Waals surface area contributed by atoms with Gasteiger partial charge in [-0.2, -0.15) is 0 Å². The molecule has 0 spiro atoms. The number of ether oxygens (including phenoxy) is 1. The third-order valence-electron chi connectivity index (χ3n) is 4.26. The molecule has 28 heavy (non-hydrogen) atoms. The Balaban J connectivity index is 1.68. The lowest BCUT2D eigenvalue weighted by Crippen LogP contribution is -2.50. The van der Waals surface area contributed by atoms with Crippen LogP contribution in [0.5, 0.6) is 0 Å². The summed E-state index contributed by atoms with van der Waals surface area (Å²) >= 11 is 13.8. The fraction of sp³-hybridized carbons (Fsp3) is 0.381. The molecule has 1 fully saturated rings. The number of anilines is 1. The highest BCUT2D eigenvalue weighted by Gasteiger charge is 2.26. The fourth-order valence-electron chi connectivity index (χ4n) is 2.93. The molecular weight excluding hydrogens is 415 g/mol. The number of benzene rings is 2. The van der Waals surface area contributed by atoms with Crippen LogP contribution in [0.15, 0.2) is 52.3 Å². The molecule has 1 heterocycles. The summed E-state index contributed by atoms with van der Waals surface area (Å²) in [4.78, 5) is 18.5. The first kappa shape index (κ1) is 21.2. The van der Waals surface area contributed by atoms with Crippen LogP contribution in [-0.2, 0) is 4.74 Å². The van der Waals surface area contributed by atoms with E-state index in [-0.39, 0.29) is 6.09 Å². The Morgan fingerprint density at radius 3 is 2.32 bits per heavy atom. The van der Waals surface area contributed by atoms with Gasteiger partial charge >= 0.3 is 6.09 Å². The third kappa shape index (κ3) is 5.49. The predicted octanol–water partition coefficient (Wildman–Crippen LogP) is 6.20. The van der Waals surface area contributed by atoms with Crippen LogP contribution in [0.4, 0.5) is 10.5 Å². The Labute approximate surface area is 180 Å². The highest BCUT2D eigenvalue weighted by molar-refractivity contribution is 7.99. The number of carbonyl (C=O) groups excluding carboxylic acids is 1. The minimum absolute atomic E-state index is 0.245. The average Bonchev–Trinajstić information content (AvgIpc) is 2.64. The van der Waals surface area contributed by atoms with E-state index in [9.17, 15) is 4.79 Å². The summed E-state index contributed by atoms with van der Waals surface area (Å²) in [7, 11) is 0. The molecule has 1 saturated heterocycles. The fourth-order valence-corrected chi connectivity index (χ4v) is 4.31. The van der Waals surface area contributed by atoms with Crippen molar-refractivity contribution in [3.05, 3.63) is 52.5 Å². The SMILES string of the molecule is CC(C)(C)OC(=O)N1CCN(c2ccccc2Sc2ccc(Cl)c(Cl)c2)CC1. The second-order valence-corrected chi connectivity index (χ2v) is 9.53. The van der Waals surface area contributed by atoms with Gasteiger partial charge in [-0.05, 0) is 51.1 Å².